The van der Waals surface area contributed by atoms with Gasteiger partial charge in [0.15, 0.2) is 9.84 Å². The maximum atomic E-state index is 12.4. The van der Waals surface area contributed by atoms with Crippen LogP contribution in [-0.2, 0) is 14.6 Å². The predicted octanol–water partition coefficient (Wildman–Crippen LogP) is 2.87. The number of fused-ring (bicyclic) bond motifs is 1. The Morgan fingerprint density at radius 3 is 2.45 bits per heavy atom. The molecule has 0 aromatic heterocycles. The Balaban J connectivity index is 2.33. The van der Waals surface area contributed by atoms with Gasteiger partial charge in [0, 0.05) is 6.42 Å². The number of aliphatic carboxylic acids is 1. The van der Waals surface area contributed by atoms with E-state index in [1.54, 1.807) is 25.1 Å². The van der Waals surface area contributed by atoms with E-state index in [2.05, 4.69) is 0 Å². The summed E-state index contributed by atoms with van der Waals surface area (Å²) >= 11 is 0. The first-order valence-electron chi connectivity index (χ1n) is 6.36. The molecule has 1 N–H and O–H groups in total. The maximum Gasteiger partial charge on any atom is 0.303 e. The Labute approximate surface area is 118 Å². The van der Waals surface area contributed by atoms with Crippen LogP contribution in [0.3, 0.4) is 0 Å². The zero-order valence-electron chi connectivity index (χ0n) is 11.1. The van der Waals surface area contributed by atoms with Crippen LogP contribution in [0.15, 0.2) is 47.4 Å². The molecule has 4 nitrogen and oxygen atoms in total. The number of carboxylic acids is 1. The third-order valence-corrected chi connectivity index (χ3v) is 5.55. The van der Waals surface area contributed by atoms with Crippen molar-refractivity contribution in [3.8, 4) is 0 Å². The largest absolute Gasteiger partial charge is 0.481 e. The molecule has 0 amide bonds. The van der Waals surface area contributed by atoms with Crippen LogP contribution >= 0.6 is 0 Å². The summed E-state index contributed by atoms with van der Waals surface area (Å²) in [6, 6.07) is 12.5. The molecule has 0 saturated heterocycles. The minimum absolute atomic E-state index is 0.116. The van der Waals surface area contributed by atoms with Crippen LogP contribution in [0.25, 0.3) is 10.8 Å². The van der Waals surface area contributed by atoms with Crippen molar-refractivity contribution in [2.24, 2.45) is 0 Å². The molecule has 0 aliphatic rings. The van der Waals surface area contributed by atoms with E-state index in [0.29, 0.717) is 0 Å². The normalized spacial score (nSPS) is 13.2. The number of hydrogen-bond acceptors (Lipinski definition) is 3. The summed E-state index contributed by atoms with van der Waals surface area (Å²) < 4.78 is 24.8. The highest BCUT2D eigenvalue weighted by molar-refractivity contribution is 7.92. The molecule has 0 aliphatic carbocycles. The summed E-state index contributed by atoms with van der Waals surface area (Å²) in [7, 11) is -3.49. The van der Waals surface area contributed by atoms with Gasteiger partial charge in [0.05, 0.1) is 10.1 Å². The van der Waals surface area contributed by atoms with Gasteiger partial charge < -0.3 is 5.11 Å². The molecule has 2 rings (SSSR count). The van der Waals surface area contributed by atoms with E-state index in [1.807, 2.05) is 24.3 Å². The molecule has 5 heteroatoms. The van der Waals surface area contributed by atoms with Crippen molar-refractivity contribution in [3.63, 3.8) is 0 Å². The van der Waals surface area contributed by atoms with Crippen molar-refractivity contribution in [1.82, 2.24) is 0 Å². The van der Waals surface area contributed by atoms with Gasteiger partial charge in [-0.1, -0.05) is 30.3 Å². The molecule has 2 aromatic rings. The van der Waals surface area contributed by atoms with Gasteiger partial charge in [0.25, 0.3) is 0 Å². The second-order valence-corrected chi connectivity index (χ2v) is 7.16. The fourth-order valence-electron chi connectivity index (χ4n) is 2.06. The van der Waals surface area contributed by atoms with Crippen molar-refractivity contribution in [2.75, 3.05) is 0 Å². The lowest BCUT2D eigenvalue weighted by molar-refractivity contribution is -0.137. The number of carboxylic acid groups (broad SMARTS) is 1. The second-order valence-electron chi connectivity index (χ2n) is 4.80. The zero-order chi connectivity index (χ0) is 14.8. The van der Waals surface area contributed by atoms with Crippen LogP contribution in [0, 0.1) is 0 Å². The van der Waals surface area contributed by atoms with Crippen LogP contribution in [-0.4, -0.2) is 24.7 Å². The summed E-state index contributed by atoms with van der Waals surface area (Å²) in [5, 5.41) is 9.77. The number of sulfone groups is 1. The molecule has 20 heavy (non-hydrogen) atoms. The maximum absolute atomic E-state index is 12.4. The molecule has 2 aromatic carbocycles. The molecule has 1 atom stereocenters. The van der Waals surface area contributed by atoms with Gasteiger partial charge in [-0.3, -0.25) is 4.79 Å². The number of hydrogen-bond donors (Lipinski definition) is 1. The number of rotatable bonds is 5. The standard InChI is InChI=1S/C15H16O4S/c1-11(6-9-15(16)17)20(18,19)14-8-7-12-4-2-3-5-13(12)10-14/h2-5,7-8,10-11H,6,9H2,1H3,(H,16,17)/t11-/m0/s1. The summed E-state index contributed by atoms with van der Waals surface area (Å²) in [4.78, 5) is 10.8. The SMILES string of the molecule is C[C@@H](CCC(=O)O)S(=O)(=O)c1ccc2ccccc2c1. The van der Waals surface area contributed by atoms with Gasteiger partial charge in [-0.05, 0) is 36.2 Å². The average Bonchev–Trinajstić information content (AvgIpc) is 2.44. The molecular weight excluding hydrogens is 276 g/mol. The van der Waals surface area contributed by atoms with Gasteiger partial charge in [-0.25, -0.2) is 8.42 Å². The predicted molar refractivity (Wildman–Crippen MR) is 77.5 cm³/mol. The molecule has 0 spiro atoms. The number of benzene rings is 2. The zero-order valence-corrected chi connectivity index (χ0v) is 11.9. The van der Waals surface area contributed by atoms with Crippen molar-refractivity contribution in [2.45, 2.75) is 29.9 Å². The smallest absolute Gasteiger partial charge is 0.303 e. The topological polar surface area (TPSA) is 71.4 Å². The van der Waals surface area contributed by atoms with Gasteiger partial charge in [0.2, 0.25) is 0 Å². The first kappa shape index (κ1) is 14.5. The van der Waals surface area contributed by atoms with Crippen LogP contribution in [0.5, 0.6) is 0 Å². The quantitative estimate of drug-likeness (QED) is 0.919. The summed E-state index contributed by atoms with van der Waals surface area (Å²) in [5.41, 5.74) is 0. The molecule has 0 saturated carbocycles. The summed E-state index contributed by atoms with van der Waals surface area (Å²) in [6.07, 6.45) is -0.0293. The van der Waals surface area contributed by atoms with E-state index < -0.39 is 21.1 Å². The fraction of sp³-hybridized carbons (Fsp3) is 0.267. The average molecular weight is 292 g/mol. The first-order chi connectivity index (χ1) is 9.41. The molecular formula is C15H16O4S. The Hall–Kier alpha value is -1.88. The third-order valence-electron chi connectivity index (χ3n) is 3.34. The van der Waals surface area contributed by atoms with Crippen LogP contribution in [0.1, 0.15) is 19.8 Å². The second kappa shape index (κ2) is 5.63. The molecule has 0 radical (unpaired) electrons. The highest BCUT2D eigenvalue weighted by Gasteiger charge is 2.23. The minimum atomic E-state index is -3.49. The molecule has 0 heterocycles. The Morgan fingerprint density at radius 1 is 1.15 bits per heavy atom. The lowest BCUT2D eigenvalue weighted by Gasteiger charge is -2.12. The minimum Gasteiger partial charge on any atom is -0.481 e. The Kier molecular flexibility index (Phi) is 4.09. The molecule has 0 unspecified atom stereocenters. The van der Waals surface area contributed by atoms with Gasteiger partial charge in [-0.2, -0.15) is 0 Å². The van der Waals surface area contributed by atoms with E-state index in [0.717, 1.165) is 10.8 Å². The highest BCUT2D eigenvalue weighted by atomic mass is 32.2. The highest BCUT2D eigenvalue weighted by Crippen LogP contribution is 2.23. The van der Waals surface area contributed by atoms with E-state index >= 15 is 0 Å². The molecule has 106 valence electrons. The summed E-state index contributed by atoms with van der Waals surface area (Å²) in [5.74, 6) is -0.981. The number of carbonyl (C=O) groups is 1. The van der Waals surface area contributed by atoms with Gasteiger partial charge in [0.1, 0.15) is 0 Å². The Bertz CT molecular complexity index is 734. The van der Waals surface area contributed by atoms with Crippen LogP contribution < -0.4 is 0 Å². The van der Waals surface area contributed by atoms with Crippen molar-refractivity contribution in [3.05, 3.63) is 42.5 Å². The molecule has 0 bridgehead atoms. The van der Waals surface area contributed by atoms with Crippen LogP contribution in [0.2, 0.25) is 0 Å². The van der Waals surface area contributed by atoms with Crippen molar-refractivity contribution >= 4 is 26.6 Å². The third kappa shape index (κ3) is 2.99. The van der Waals surface area contributed by atoms with E-state index in [1.165, 1.54) is 0 Å². The monoisotopic (exact) mass is 292 g/mol. The van der Waals surface area contributed by atoms with E-state index in [-0.39, 0.29) is 17.7 Å². The lowest BCUT2D eigenvalue weighted by atomic mass is 10.1. The Morgan fingerprint density at radius 2 is 1.80 bits per heavy atom. The van der Waals surface area contributed by atoms with Crippen molar-refractivity contribution < 1.29 is 18.3 Å². The lowest BCUT2D eigenvalue weighted by Crippen LogP contribution is -2.19. The summed E-state index contributed by atoms with van der Waals surface area (Å²) in [6.45, 7) is 1.55. The van der Waals surface area contributed by atoms with Crippen molar-refractivity contribution in [1.29, 1.82) is 0 Å². The first-order valence-corrected chi connectivity index (χ1v) is 7.90. The van der Waals surface area contributed by atoms with Gasteiger partial charge >= 0.3 is 5.97 Å². The van der Waals surface area contributed by atoms with Crippen LogP contribution in [0.4, 0.5) is 0 Å². The van der Waals surface area contributed by atoms with Gasteiger partial charge in [-0.15, -0.1) is 0 Å². The molecule has 0 fully saturated rings. The van der Waals surface area contributed by atoms with E-state index in [9.17, 15) is 13.2 Å². The molecule has 0 aliphatic heterocycles. The fourth-order valence-corrected chi connectivity index (χ4v) is 3.50. The van der Waals surface area contributed by atoms with E-state index in [4.69, 9.17) is 5.11 Å².